The molecule has 8 nitrogen and oxygen atoms in total. The number of hydrogen-bond acceptors (Lipinski definition) is 6. The average molecular weight is 384 g/mol. The second-order valence-corrected chi connectivity index (χ2v) is 6.75. The molecular weight excluding hydrogens is 360 g/mol. The van der Waals surface area contributed by atoms with Gasteiger partial charge in [-0.15, -0.1) is 0 Å². The molecule has 8 heteroatoms. The molecule has 0 saturated heterocycles. The van der Waals surface area contributed by atoms with Gasteiger partial charge in [-0.25, -0.2) is 5.43 Å². The number of amides is 2. The number of aromatic nitrogens is 1. The van der Waals surface area contributed by atoms with E-state index < -0.39 is 0 Å². The fraction of sp³-hybridized carbons (Fsp3) is 0.400. The summed E-state index contributed by atoms with van der Waals surface area (Å²) < 4.78 is 10.9. The molecule has 0 bridgehead atoms. The third-order valence-corrected chi connectivity index (χ3v) is 4.52. The maximum Gasteiger partial charge on any atom is 0.289 e. The van der Waals surface area contributed by atoms with Crippen LogP contribution >= 0.6 is 0 Å². The zero-order valence-corrected chi connectivity index (χ0v) is 16.2. The van der Waals surface area contributed by atoms with Crippen LogP contribution in [-0.2, 0) is 11.2 Å². The first-order chi connectivity index (χ1) is 13.5. The second kappa shape index (κ2) is 8.79. The van der Waals surface area contributed by atoms with Gasteiger partial charge in [-0.1, -0.05) is 6.07 Å². The fourth-order valence-corrected chi connectivity index (χ4v) is 3.25. The van der Waals surface area contributed by atoms with E-state index in [2.05, 4.69) is 20.8 Å². The van der Waals surface area contributed by atoms with Crippen molar-refractivity contribution in [3.63, 3.8) is 0 Å². The van der Waals surface area contributed by atoms with Gasteiger partial charge in [-0.2, -0.15) is 5.10 Å². The van der Waals surface area contributed by atoms with E-state index in [0.717, 1.165) is 29.7 Å². The van der Waals surface area contributed by atoms with Crippen molar-refractivity contribution in [2.75, 3.05) is 13.7 Å². The smallest absolute Gasteiger partial charge is 0.289 e. The van der Waals surface area contributed by atoms with Gasteiger partial charge in [0.25, 0.3) is 11.8 Å². The zero-order valence-electron chi connectivity index (χ0n) is 16.2. The Morgan fingerprint density at radius 3 is 2.86 bits per heavy atom. The van der Waals surface area contributed by atoms with Crippen molar-refractivity contribution < 1.29 is 18.7 Å². The van der Waals surface area contributed by atoms with Crippen molar-refractivity contribution in [2.24, 2.45) is 5.10 Å². The third kappa shape index (κ3) is 4.28. The molecule has 2 amide bonds. The van der Waals surface area contributed by atoms with Gasteiger partial charge in [-0.05, 0) is 38.8 Å². The predicted molar refractivity (Wildman–Crippen MR) is 103 cm³/mol. The maximum atomic E-state index is 12.5. The maximum absolute atomic E-state index is 12.5. The molecule has 1 unspecified atom stereocenters. The van der Waals surface area contributed by atoms with E-state index in [0.29, 0.717) is 24.4 Å². The van der Waals surface area contributed by atoms with Crippen molar-refractivity contribution in [2.45, 2.75) is 39.2 Å². The molecule has 2 N–H and O–H groups in total. The topological polar surface area (TPSA) is 106 Å². The molecule has 0 aliphatic heterocycles. The van der Waals surface area contributed by atoms with Crippen LogP contribution in [0, 0.1) is 6.92 Å². The Morgan fingerprint density at radius 2 is 2.14 bits per heavy atom. The highest BCUT2D eigenvalue weighted by atomic mass is 16.5. The highest BCUT2D eigenvalue weighted by molar-refractivity contribution is 6.07. The number of hydrazone groups is 1. The lowest BCUT2D eigenvalue weighted by Crippen LogP contribution is -2.35. The molecule has 2 aromatic heterocycles. The number of carbonyl (C=O) groups is 2. The Balaban J connectivity index is 1.80. The molecule has 148 valence electrons. The molecule has 1 atom stereocenters. The molecule has 1 aliphatic rings. The average Bonchev–Trinajstić information content (AvgIpc) is 3.04. The number of methoxy groups -OCH3 is 1. The first-order valence-electron chi connectivity index (χ1n) is 9.21. The first kappa shape index (κ1) is 19.8. The summed E-state index contributed by atoms with van der Waals surface area (Å²) in [6.45, 7) is 4.11. The summed E-state index contributed by atoms with van der Waals surface area (Å²) in [6, 6.07) is 4.97. The lowest BCUT2D eigenvalue weighted by Gasteiger charge is -2.13. The van der Waals surface area contributed by atoms with E-state index in [-0.39, 0.29) is 23.6 Å². The SMILES string of the molecule is COCC(C)NC(=O)c1oc2c(c1C)/C(=N/NC(=O)c1ccccn1)CCC2. The van der Waals surface area contributed by atoms with Gasteiger partial charge >= 0.3 is 0 Å². The third-order valence-electron chi connectivity index (χ3n) is 4.52. The molecule has 2 heterocycles. The van der Waals surface area contributed by atoms with Crippen LogP contribution in [0.25, 0.3) is 0 Å². The Kier molecular flexibility index (Phi) is 6.20. The van der Waals surface area contributed by atoms with Crippen LogP contribution < -0.4 is 10.7 Å². The Labute approximate surface area is 163 Å². The van der Waals surface area contributed by atoms with Gasteiger partial charge in [0.15, 0.2) is 5.76 Å². The van der Waals surface area contributed by atoms with E-state index in [1.807, 2.05) is 13.8 Å². The minimum Gasteiger partial charge on any atom is -0.455 e. The Bertz CT molecular complexity index is 889. The number of nitrogens with one attached hydrogen (secondary N) is 2. The summed E-state index contributed by atoms with van der Waals surface area (Å²) in [4.78, 5) is 28.8. The summed E-state index contributed by atoms with van der Waals surface area (Å²) in [5, 5.41) is 7.15. The van der Waals surface area contributed by atoms with E-state index in [4.69, 9.17) is 9.15 Å². The lowest BCUT2D eigenvalue weighted by atomic mass is 9.93. The van der Waals surface area contributed by atoms with Crippen LogP contribution in [-0.4, -0.2) is 42.3 Å². The lowest BCUT2D eigenvalue weighted by molar-refractivity contribution is 0.0874. The summed E-state index contributed by atoms with van der Waals surface area (Å²) >= 11 is 0. The number of rotatable bonds is 6. The zero-order chi connectivity index (χ0) is 20.1. The largest absolute Gasteiger partial charge is 0.455 e. The van der Waals surface area contributed by atoms with Crippen molar-refractivity contribution >= 4 is 17.5 Å². The molecule has 2 aromatic rings. The first-order valence-corrected chi connectivity index (χ1v) is 9.21. The van der Waals surface area contributed by atoms with Crippen molar-refractivity contribution in [3.05, 3.63) is 52.7 Å². The van der Waals surface area contributed by atoms with Gasteiger partial charge in [0, 0.05) is 36.9 Å². The van der Waals surface area contributed by atoms with Crippen molar-refractivity contribution in [1.82, 2.24) is 15.7 Å². The number of hydrogen-bond donors (Lipinski definition) is 2. The van der Waals surface area contributed by atoms with Crippen LogP contribution in [0.1, 0.15) is 57.7 Å². The number of pyridine rings is 1. The molecule has 0 saturated carbocycles. The molecule has 28 heavy (non-hydrogen) atoms. The Hall–Kier alpha value is -3.00. The van der Waals surface area contributed by atoms with E-state index in [1.54, 1.807) is 31.5 Å². The molecule has 3 rings (SSSR count). The van der Waals surface area contributed by atoms with Crippen LogP contribution in [0.5, 0.6) is 0 Å². The standard InChI is InChI=1S/C20H24N4O4/c1-12(11-27-3)22-20(26)18-13(2)17-14(8-6-9-16(17)28-18)23-24-19(25)15-7-4-5-10-21-15/h4-5,7,10,12H,6,8-9,11H2,1-3H3,(H,22,26)(H,24,25)/b23-14+. The number of carbonyl (C=O) groups excluding carboxylic acids is 2. The summed E-state index contributed by atoms with van der Waals surface area (Å²) in [6.07, 6.45) is 3.80. The van der Waals surface area contributed by atoms with Gasteiger partial charge in [0.05, 0.1) is 12.3 Å². The second-order valence-electron chi connectivity index (χ2n) is 6.75. The van der Waals surface area contributed by atoms with Crippen LogP contribution in [0.4, 0.5) is 0 Å². The van der Waals surface area contributed by atoms with Crippen LogP contribution in [0.3, 0.4) is 0 Å². The number of furan rings is 1. The van der Waals surface area contributed by atoms with E-state index in [1.165, 1.54) is 0 Å². The quantitative estimate of drug-likeness (QED) is 0.743. The number of aryl methyl sites for hydroxylation is 1. The van der Waals surface area contributed by atoms with Crippen LogP contribution in [0.15, 0.2) is 33.9 Å². The summed E-state index contributed by atoms with van der Waals surface area (Å²) in [7, 11) is 1.58. The van der Waals surface area contributed by atoms with Gasteiger partial charge in [0.2, 0.25) is 0 Å². The van der Waals surface area contributed by atoms with Crippen molar-refractivity contribution in [1.29, 1.82) is 0 Å². The molecular formula is C20H24N4O4. The normalized spacial score (nSPS) is 15.8. The monoisotopic (exact) mass is 384 g/mol. The summed E-state index contributed by atoms with van der Waals surface area (Å²) in [5.74, 6) is 0.332. The summed E-state index contributed by atoms with van der Waals surface area (Å²) in [5.41, 5.74) is 5.07. The molecule has 0 radical (unpaired) electrons. The minimum atomic E-state index is -0.382. The van der Waals surface area contributed by atoms with Crippen LogP contribution in [0.2, 0.25) is 0 Å². The van der Waals surface area contributed by atoms with Crippen molar-refractivity contribution in [3.8, 4) is 0 Å². The minimum absolute atomic E-state index is 0.134. The van der Waals surface area contributed by atoms with E-state index >= 15 is 0 Å². The number of fused-ring (bicyclic) bond motifs is 1. The van der Waals surface area contributed by atoms with Gasteiger partial charge in [-0.3, -0.25) is 14.6 Å². The predicted octanol–water partition coefficient (Wildman–Crippen LogP) is 2.22. The number of nitrogens with zero attached hydrogens (tertiary/aromatic N) is 2. The molecule has 0 aromatic carbocycles. The van der Waals surface area contributed by atoms with Gasteiger partial charge in [0.1, 0.15) is 11.5 Å². The fourth-order valence-electron chi connectivity index (χ4n) is 3.25. The Morgan fingerprint density at radius 1 is 1.32 bits per heavy atom. The molecule has 1 aliphatic carbocycles. The van der Waals surface area contributed by atoms with Gasteiger partial charge < -0.3 is 14.5 Å². The van der Waals surface area contributed by atoms with E-state index in [9.17, 15) is 9.59 Å². The molecule has 0 spiro atoms. The number of ether oxygens (including phenoxy) is 1. The highest BCUT2D eigenvalue weighted by Crippen LogP contribution is 2.29. The highest BCUT2D eigenvalue weighted by Gasteiger charge is 2.28. The molecule has 0 fully saturated rings.